The average Bonchev–Trinajstić information content (AvgIpc) is 2.44. The second-order valence-corrected chi connectivity index (χ2v) is 9.39. The van der Waals surface area contributed by atoms with Crippen molar-refractivity contribution in [3.05, 3.63) is 0 Å². The zero-order valence-electron chi connectivity index (χ0n) is 12.7. The van der Waals surface area contributed by atoms with Crippen molar-refractivity contribution in [3.63, 3.8) is 0 Å². The van der Waals surface area contributed by atoms with Crippen LogP contribution in [0.4, 0.5) is 0 Å². The number of hydrogen-bond acceptors (Lipinski definition) is 4. The second-order valence-electron chi connectivity index (χ2n) is 7.85. The molecule has 0 aromatic heterocycles. The average molecular weight is 311 g/mol. The van der Waals surface area contributed by atoms with E-state index >= 15 is 0 Å². The van der Waals surface area contributed by atoms with E-state index in [9.17, 15) is 9.00 Å². The molecule has 4 aliphatic carbocycles. The van der Waals surface area contributed by atoms with Gasteiger partial charge in [-0.05, 0) is 61.7 Å². The summed E-state index contributed by atoms with van der Waals surface area (Å²) in [6.07, 6.45) is 8.08. The van der Waals surface area contributed by atoms with Crippen LogP contribution in [0, 0.1) is 23.2 Å². The van der Waals surface area contributed by atoms with Crippen molar-refractivity contribution < 1.29 is 13.7 Å². The normalized spacial score (nSPS) is 51.9. The van der Waals surface area contributed by atoms with Crippen LogP contribution in [-0.2, 0) is 20.3 Å². The Balaban J connectivity index is 1.57. The first kappa shape index (κ1) is 14.2. The third-order valence-corrected chi connectivity index (χ3v) is 7.83. The van der Waals surface area contributed by atoms with E-state index in [1.165, 1.54) is 45.6 Å². The van der Waals surface area contributed by atoms with Gasteiger partial charge in [-0.1, -0.05) is 0 Å². The van der Waals surface area contributed by atoms with Crippen LogP contribution < -0.4 is 5.32 Å². The van der Waals surface area contributed by atoms with Crippen LogP contribution in [0.15, 0.2) is 0 Å². The number of ether oxygens (including phenoxy) is 1. The van der Waals surface area contributed by atoms with Gasteiger partial charge in [0.1, 0.15) is 6.04 Å². The topological polar surface area (TPSA) is 55.4 Å². The molecular weight excluding hydrogens is 286 g/mol. The molecule has 5 fully saturated rings. The number of carbonyl (C=O) groups is 1. The fraction of sp³-hybridized carbons (Fsp3) is 0.938. The molecule has 0 radical (unpaired) electrons. The van der Waals surface area contributed by atoms with Crippen LogP contribution in [0.2, 0.25) is 0 Å². The lowest BCUT2D eigenvalue weighted by Crippen LogP contribution is -2.64. The summed E-state index contributed by atoms with van der Waals surface area (Å²) in [7, 11) is 0.519. The fourth-order valence-electron chi connectivity index (χ4n) is 6.02. The van der Waals surface area contributed by atoms with Gasteiger partial charge in [0.05, 0.1) is 7.11 Å². The molecule has 1 N–H and O–H groups in total. The highest BCUT2D eigenvalue weighted by molar-refractivity contribution is 7.85. The highest BCUT2D eigenvalue weighted by Gasteiger charge is 2.55. The molecular formula is C16H25NO3S. The Bertz CT molecular complexity index is 443. The highest BCUT2D eigenvalue weighted by atomic mass is 32.2. The summed E-state index contributed by atoms with van der Waals surface area (Å²) in [4.78, 5) is 11.9. The van der Waals surface area contributed by atoms with E-state index < -0.39 is 10.8 Å². The largest absolute Gasteiger partial charge is 0.468 e. The van der Waals surface area contributed by atoms with Crippen molar-refractivity contribution in [2.75, 3.05) is 18.6 Å². The van der Waals surface area contributed by atoms with E-state index in [1.54, 1.807) is 0 Å². The van der Waals surface area contributed by atoms with Crippen LogP contribution in [-0.4, -0.2) is 40.9 Å². The molecule has 4 saturated carbocycles. The summed E-state index contributed by atoms with van der Waals surface area (Å²) in [5, 5.41) is 3.52. The Kier molecular flexibility index (Phi) is 3.41. The van der Waals surface area contributed by atoms with Crippen molar-refractivity contribution in [1.82, 2.24) is 5.32 Å². The molecule has 5 aliphatic rings. The minimum Gasteiger partial charge on any atom is -0.468 e. The quantitative estimate of drug-likeness (QED) is 0.785. The van der Waals surface area contributed by atoms with Crippen molar-refractivity contribution in [1.29, 1.82) is 0 Å². The van der Waals surface area contributed by atoms with Crippen molar-refractivity contribution in [3.8, 4) is 0 Å². The molecule has 5 rings (SSSR count). The Morgan fingerprint density at radius 2 is 1.67 bits per heavy atom. The van der Waals surface area contributed by atoms with Gasteiger partial charge in [0.2, 0.25) is 0 Å². The molecule has 5 heteroatoms. The number of esters is 1. The first-order valence-corrected chi connectivity index (χ1v) is 9.75. The number of nitrogens with one attached hydrogen (secondary N) is 1. The summed E-state index contributed by atoms with van der Waals surface area (Å²) in [5.74, 6) is 3.52. The fourth-order valence-corrected chi connectivity index (χ4v) is 7.58. The maximum absolute atomic E-state index is 12.3. The van der Waals surface area contributed by atoms with Gasteiger partial charge in [-0.15, -0.1) is 0 Å². The standard InChI is InChI=1S/C16H25NO3S/c1-20-15(18)13-8-21(19)9-14(17-13)16-5-10-2-11(6-16)4-12(3-10)7-16/h10-14,17H,2-9H2,1H3. The summed E-state index contributed by atoms with van der Waals surface area (Å²) in [5.41, 5.74) is 0.303. The Hall–Kier alpha value is -0.420. The third kappa shape index (κ3) is 2.37. The van der Waals surface area contributed by atoms with Gasteiger partial charge in [-0.2, -0.15) is 0 Å². The molecule has 4 nitrogen and oxygen atoms in total. The van der Waals surface area contributed by atoms with Crippen molar-refractivity contribution in [2.24, 2.45) is 23.2 Å². The van der Waals surface area contributed by atoms with E-state index in [4.69, 9.17) is 4.74 Å². The first-order valence-electron chi connectivity index (χ1n) is 8.27. The summed E-state index contributed by atoms with van der Waals surface area (Å²) in [6.45, 7) is 0. The lowest BCUT2D eigenvalue weighted by molar-refractivity contribution is -0.143. The van der Waals surface area contributed by atoms with Gasteiger partial charge >= 0.3 is 5.97 Å². The van der Waals surface area contributed by atoms with Crippen LogP contribution in [0.3, 0.4) is 0 Å². The number of rotatable bonds is 2. The minimum absolute atomic E-state index is 0.240. The zero-order chi connectivity index (χ0) is 14.6. The smallest absolute Gasteiger partial charge is 0.323 e. The molecule has 118 valence electrons. The predicted octanol–water partition coefficient (Wildman–Crippen LogP) is 1.46. The first-order chi connectivity index (χ1) is 10.1. The lowest BCUT2D eigenvalue weighted by atomic mass is 9.48. The second kappa shape index (κ2) is 5.05. The SMILES string of the molecule is COC(=O)C1CS(=O)CC(C23CC4CC(CC(C4)C2)C3)N1. The number of hydrogen-bond donors (Lipinski definition) is 1. The predicted molar refractivity (Wildman–Crippen MR) is 81.2 cm³/mol. The molecule has 0 amide bonds. The molecule has 4 bridgehead atoms. The maximum atomic E-state index is 12.3. The van der Waals surface area contributed by atoms with Crippen LogP contribution in [0.25, 0.3) is 0 Å². The minimum atomic E-state index is -0.899. The molecule has 3 unspecified atom stereocenters. The third-order valence-electron chi connectivity index (χ3n) is 6.42. The van der Waals surface area contributed by atoms with Crippen LogP contribution in [0.1, 0.15) is 38.5 Å². The van der Waals surface area contributed by atoms with Gasteiger partial charge in [0, 0.05) is 28.3 Å². The van der Waals surface area contributed by atoms with Gasteiger partial charge in [-0.3, -0.25) is 14.3 Å². The van der Waals surface area contributed by atoms with Gasteiger partial charge < -0.3 is 4.74 Å². The Morgan fingerprint density at radius 1 is 1.10 bits per heavy atom. The van der Waals surface area contributed by atoms with Gasteiger partial charge in [0.15, 0.2) is 0 Å². The van der Waals surface area contributed by atoms with Crippen LogP contribution >= 0.6 is 0 Å². The van der Waals surface area contributed by atoms with E-state index in [1.807, 2.05) is 0 Å². The molecule has 0 spiro atoms. The zero-order valence-corrected chi connectivity index (χ0v) is 13.5. The molecule has 1 saturated heterocycles. The maximum Gasteiger partial charge on any atom is 0.323 e. The molecule has 21 heavy (non-hydrogen) atoms. The summed E-state index contributed by atoms with van der Waals surface area (Å²) < 4.78 is 17.1. The molecule has 0 aromatic carbocycles. The summed E-state index contributed by atoms with van der Waals surface area (Å²) in [6, 6.07) is -0.132. The van der Waals surface area contributed by atoms with Crippen molar-refractivity contribution in [2.45, 2.75) is 50.6 Å². The van der Waals surface area contributed by atoms with E-state index in [-0.39, 0.29) is 18.1 Å². The molecule has 3 atom stereocenters. The highest BCUT2D eigenvalue weighted by Crippen LogP contribution is 2.61. The van der Waals surface area contributed by atoms with E-state index in [0.717, 1.165) is 23.5 Å². The Labute approximate surface area is 128 Å². The summed E-state index contributed by atoms with van der Waals surface area (Å²) >= 11 is 0. The van der Waals surface area contributed by atoms with Crippen LogP contribution in [0.5, 0.6) is 0 Å². The lowest BCUT2D eigenvalue weighted by Gasteiger charge is -2.60. The molecule has 0 aromatic rings. The molecule has 1 heterocycles. The number of carbonyl (C=O) groups excluding carboxylic acids is 1. The van der Waals surface area contributed by atoms with Gasteiger partial charge in [-0.25, -0.2) is 0 Å². The number of methoxy groups -OCH3 is 1. The molecule has 1 aliphatic heterocycles. The van der Waals surface area contributed by atoms with Crippen molar-refractivity contribution >= 4 is 16.8 Å². The van der Waals surface area contributed by atoms with Gasteiger partial charge in [0.25, 0.3) is 0 Å². The van der Waals surface area contributed by atoms with E-state index in [0.29, 0.717) is 11.2 Å². The van der Waals surface area contributed by atoms with E-state index in [2.05, 4.69) is 5.32 Å². The monoisotopic (exact) mass is 311 g/mol. The Morgan fingerprint density at radius 3 is 2.19 bits per heavy atom.